The Kier molecular flexibility index (Phi) is 5.92. The van der Waals surface area contributed by atoms with Gasteiger partial charge in [-0.25, -0.2) is 13.6 Å². The van der Waals surface area contributed by atoms with Gasteiger partial charge in [0.05, 0.1) is 11.3 Å². The van der Waals surface area contributed by atoms with Gasteiger partial charge in [-0.3, -0.25) is 0 Å². The van der Waals surface area contributed by atoms with E-state index < -0.39 is 23.2 Å². The fourth-order valence-corrected chi connectivity index (χ4v) is 2.05. The fraction of sp³-hybridized carbons (Fsp3) is 0.533. The van der Waals surface area contributed by atoms with Crippen LogP contribution < -0.4 is 4.90 Å². The average Bonchev–Trinajstić information content (AvgIpc) is 2.42. The van der Waals surface area contributed by atoms with Crippen LogP contribution in [0.5, 0.6) is 0 Å². The Labute approximate surface area is 118 Å². The van der Waals surface area contributed by atoms with E-state index in [1.165, 1.54) is 6.07 Å². The van der Waals surface area contributed by atoms with Crippen molar-refractivity contribution in [2.75, 3.05) is 11.4 Å². The lowest BCUT2D eigenvalue weighted by Gasteiger charge is -2.31. The van der Waals surface area contributed by atoms with Crippen LogP contribution >= 0.6 is 0 Å². The highest BCUT2D eigenvalue weighted by Gasteiger charge is 2.23. The zero-order chi connectivity index (χ0) is 15.3. The van der Waals surface area contributed by atoms with Gasteiger partial charge in [-0.05, 0) is 31.9 Å². The molecule has 5 heteroatoms. The summed E-state index contributed by atoms with van der Waals surface area (Å²) in [5, 5.41) is 8.80. The summed E-state index contributed by atoms with van der Waals surface area (Å²) in [6.07, 6.45) is 2.61. The molecule has 1 rings (SSSR count). The lowest BCUT2D eigenvalue weighted by molar-refractivity contribution is 0.0690. The van der Waals surface area contributed by atoms with Gasteiger partial charge in [-0.2, -0.15) is 0 Å². The molecule has 1 aromatic rings. The third kappa shape index (κ3) is 3.46. The number of hydrogen-bond acceptors (Lipinski definition) is 2. The van der Waals surface area contributed by atoms with Crippen LogP contribution in [0.1, 0.15) is 50.4 Å². The molecule has 0 aliphatic rings. The molecule has 1 aromatic carbocycles. The number of anilines is 1. The molecule has 112 valence electrons. The van der Waals surface area contributed by atoms with E-state index in [2.05, 4.69) is 0 Å². The first-order valence-electron chi connectivity index (χ1n) is 6.91. The highest BCUT2D eigenvalue weighted by atomic mass is 19.2. The molecule has 0 saturated heterocycles. The van der Waals surface area contributed by atoms with Crippen molar-refractivity contribution in [2.24, 2.45) is 0 Å². The number of nitrogens with zero attached hydrogens (tertiary/aromatic N) is 1. The number of rotatable bonds is 7. The summed E-state index contributed by atoms with van der Waals surface area (Å²) in [7, 11) is 0. The third-order valence-electron chi connectivity index (χ3n) is 3.48. The maximum absolute atomic E-state index is 14.1. The average molecular weight is 285 g/mol. The van der Waals surface area contributed by atoms with E-state index in [0.717, 1.165) is 25.3 Å². The van der Waals surface area contributed by atoms with E-state index in [1.807, 2.05) is 20.8 Å². The number of carbonyl (C=O) groups is 1. The first kappa shape index (κ1) is 16.4. The molecule has 0 spiro atoms. The molecule has 0 aliphatic carbocycles. The van der Waals surface area contributed by atoms with Crippen molar-refractivity contribution in [2.45, 2.75) is 46.1 Å². The Morgan fingerprint density at radius 3 is 2.45 bits per heavy atom. The number of halogens is 2. The van der Waals surface area contributed by atoms with Crippen LogP contribution in [0.25, 0.3) is 0 Å². The Morgan fingerprint density at radius 2 is 1.95 bits per heavy atom. The van der Waals surface area contributed by atoms with E-state index in [4.69, 9.17) is 5.11 Å². The number of carboxylic acids is 1. The monoisotopic (exact) mass is 285 g/mol. The van der Waals surface area contributed by atoms with Gasteiger partial charge in [0, 0.05) is 12.6 Å². The summed E-state index contributed by atoms with van der Waals surface area (Å²) in [5.74, 6) is -3.84. The summed E-state index contributed by atoms with van der Waals surface area (Å²) in [6.45, 7) is 6.56. The molecular formula is C15H21F2NO2. The van der Waals surface area contributed by atoms with Crippen LogP contribution in [0.2, 0.25) is 0 Å². The van der Waals surface area contributed by atoms with Crippen LogP contribution in [0.3, 0.4) is 0 Å². The Bertz CT molecular complexity index is 477. The molecule has 0 fully saturated rings. The van der Waals surface area contributed by atoms with E-state index in [-0.39, 0.29) is 11.7 Å². The van der Waals surface area contributed by atoms with Crippen molar-refractivity contribution in [3.63, 3.8) is 0 Å². The molecule has 0 saturated carbocycles. The highest BCUT2D eigenvalue weighted by Crippen LogP contribution is 2.27. The summed E-state index contributed by atoms with van der Waals surface area (Å²) in [4.78, 5) is 12.6. The zero-order valence-electron chi connectivity index (χ0n) is 12.1. The number of carboxylic acid groups (broad SMARTS) is 1. The largest absolute Gasteiger partial charge is 0.478 e. The second kappa shape index (κ2) is 7.22. The lowest BCUT2D eigenvalue weighted by Crippen LogP contribution is -2.34. The molecule has 3 nitrogen and oxygen atoms in total. The Hall–Kier alpha value is -1.65. The van der Waals surface area contributed by atoms with Crippen LogP contribution in [-0.4, -0.2) is 23.7 Å². The minimum atomic E-state index is -1.46. The number of hydrogen-bond donors (Lipinski definition) is 1. The van der Waals surface area contributed by atoms with Gasteiger partial charge in [0.2, 0.25) is 0 Å². The van der Waals surface area contributed by atoms with Gasteiger partial charge in [0.1, 0.15) is 0 Å². The van der Waals surface area contributed by atoms with Crippen molar-refractivity contribution >= 4 is 11.7 Å². The van der Waals surface area contributed by atoms with E-state index in [9.17, 15) is 13.6 Å². The SMILES string of the molecule is CCCCN(c1ccc(C(=O)O)c(F)c1F)C(C)CC. The van der Waals surface area contributed by atoms with Gasteiger partial charge >= 0.3 is 5.97 Å². The molecule has 0 heterocycles. The molecule has 1 atom stereocenters. The summed E-state index contributed by atoms with van der Waals surface area (Å²) >= 11 is 0. The van der Waals surface area contributed by atoms with E-state index in [1.54, 1.807) is 4.90 Å². The molecule has 1 N–H and O–H groups in total. The molecule has 1 unspecified atom stereocenters. The van der Waals surface area contributed by atoms with Crippen LogP contribution in [0, 0.1) is 11.6 Å². The van der Waals surface area contributed by atoms with Crippen molar-refractivity contribution in [1.29, 1.82) is 0 Å². The van der Waals surface area contributed by atoms with E-state index in [0.29, 0.717) is 6.54 Å². The smallest absolute Gasteiger partial charge is 0.338 e. The predicted octanol–water partition coefficient (Wildman–Crippen LogP) is 4.07. The third-order valence-corrected chi connectivity index (χ3v) is 3.48. The summed E-state index contributed by atoms with van der Waals surface area (Å²) in [6, 6.07) is 2.53. The number of unbranched alkanes of at least 4 members (excludes halogenated alkanes) is 1. The Balaban J connectivity index is 3.20. The quantitative estimate of drug-likeness (QED) is 0.821. The van der Waals surface area contributed by atoms with Crippen molar-refractivity contribution in [1.82, 2.24) is 0 Å². The highest BCUT2D eigenvalue weighted by molar-refractivity contribution is 5.88. The van der Waals surface area contributed by atoms with Crippen molar-refractivity contribution < 1.29 is 18.7 Å². The molecule has 0 aromatic heterocycles. The number of aromatic carboxylic acids is 1. The minimum Gasteiger partial charge on any atom is -0.478 e. The second-order valence-electron chi connectivity index (χ2n) is 4.87. The summed E-state index contributed by atoms with van der Waals surface area (Å²) in [5.41, 5.74) is -0.499. The van der Waals surface area contributed by atoms with Crippen molar-refractivity contribution in [3.05, 3.63) is 29.3 Å². The van der Waals surface area contributed by atoms with Crippen LogP contribution in [0.4, 0.5) is 14.5 Å². The van der Waals surface area contributed by atoms with Gasteiger partial charge in [0.25, 0.3) is 0 Å². The topological polar surface area (TPSA) is 40.5 Å². The molecular weight excluding hydrogens is 264 g/mol. The summed E-state index contributed by atoms with van der Waals surface area (Å²) < 4.78 is 27.9. The van der Waals surface area contributed by atoms with Gasteiger partial charge in [0.15, 0.2) is 11.6 Å². The standard InChI is InChI=1S/C15H21F2NO2/c1-4-6-9-18(10(3)5-2)12-8-7-11(15(19)20)13(16)14(12)17/h7-8,10H,4-6,9H2,1-3H3,(H,19,20). The van der Waals surface area contributed by atoms with Gasteiger partial charge in [-0.1, -0.05) is 20.3 Å². The normalized spacial score (nSPS) is 12.2. The zero-order valence-corrected chi connectivity index (χ0v) is 12.1. The minimum absolute atomic E-state index is 0.0612. The fourth-order valence-electron chi connectivity index (χ4n) is 2.05. The maximum Gasteiger partial charge on any atom is 0.338 e. The Morgan fingerprint density at radius 1 is 1.30 bits per heavy atom. The molecule has 0 radical (unpaired) electrons. The van der Waals surface area contributed by atoms with Gasteiger partial charge in [-0.15, -0.1) is 0 Å². The molecule has 0 amide bonds. The molecule has 0 bridgehead atoms. The second-order valence-corrected chi connectivity index (χ2v) is 4.87. The predicted molar refractivity (Wildman–Crippen MR) is 75.3 cm³/mol. The van der Waals surface area contributed by atoms with Gasteiger partial charge < -0.3 is 10.0 Å². The van der Waals surface area contributed by atoms with Crippen molar-refractivity contribution in [3.8, 4) is 0 Å². The van der Waals surface area contributed by atoms with E-state index >= 15 is 0 Å². The van der Waals surface area contributed by atoms with Crippen LogP contribution in [-0.2, 0) is 0 Å². The van der Waals surface area contributed by atoms with Crippen LogP contribution in [0.15, 0.2) is 12.1 Å². The molecule has 20 heavy (non-hydrogen) atoms. The maximum atomic E-state index is 14.1. The first-order valence-corrected chi connectivity index (χ1v) is 6.91. The first-order chi connectivity index (χ1) is 9.43. The number of benzene rings is 1. The lowest BCUT2D eigenvalue weighted by atomic mass is 10.1. The molecule has 0 aliphatic heterocycles.